The van der Waals surface area contributed by atoms with E-state index in [0.29, 0.717) is 18.0 Å². The number of nitrogens with zero attached hydrogens (tertiary/aromatic N) is 2. The summed E-state index contributed by atoms with van der Waals surface area (Å²) in [7, 11) is 0. The minimum Gasteiger partial charge on any atom is -0.389 e. The first-order valence-electron chi connectivity index (χ1n) is 6.05. The molecule has 0 spiro atoms. The lowest BCUT2D eigenvalue weighted by atomic mass is 10.1. The standard InChI is InChI=1S/C14H14N4OS/c15-14(20)11-3-1-10(2-4-11)7-13(19)17-8-12-5-6-16-9-18-12/h1-6,9H,7-8H2,(H2,15,20)(H,17,19). The van der Waals surface area contributed by atoms with E-state index in [-0.39, 0.29) is 5.91 Å². The van der Waals surface area contributed by atoms with Gasteiger partial charge in [0.15, 0.2) is 0 Å². The molecule has 1 aromatic carbocycles. The maximum absolute atomic E-state index is 11.8. The first-order valence-corrected chi connectivity index (χ1v) is 6.46. The number of hydrogen-bond acceptors (Lipinski definition) is 4. The van der Waals surface area contributed by atoms with Gasteiger partial charge in [-0.3, -0.25) is 4.79 Å². The fourth-order valence-corrected chi connectivity index (χ4v) is 1.78. The first kappa shape index (κ1) is 14.1. The van der Waals surface area contributed by atoms with Crippen LogP contribution in [0.5, 0.6) is 0 Å². The lowest BCUT2D eigenvalue weighted by Crippen LogP contribution is -2.25. The molecule has 0 radical (unpaired) electrons. The smallest absolute Gasteiger partial charge is 0.224 e. The number of nitrogens with one attached hydrogen (secondary N) is 1. The summed E-state index contributed by atoms with van der Waals surface area (Å²) >= 11 is 4.88. The van der Waals surface area contributed by atoms with Crippen LogP contribution in [0.4, 0.5) is 0 Å². The number of rotatable bonds is 5. The van der Waals surface area contributed by atoms with Crippen molar-refractivity contribution in [1.82, 2.24) is 15.3 Å². The van der Waals surface area contributed by atoms with Crippen molar-refractivity contribution >= 4 is 23.1 Å². The van der Waals surface area contributed by atoms with Gasteiger partial charge in [-0.2, -0.15) is 0 Å². The molecule has 5 nitrogen and oxygen atoms in total. The fourth-order valence-electron chi connectivity index (χ4n) is 1.65. The van der Waals surface area contributed by atoms with Crippen LogP contribution in [0, 0.1) is 0 Å². The monoisotopic (exact) mass is 286 g/mol. The van der Waals surface area contributed by atoms with Gasteiger partial charge in [0.2, 0.25) is 5.91 Å². The molecule has 0 fully saturated rings. The largest absolute Gasteiger partial charge is 0.389 e. The summed E-state index contributed by atoms with van der Waals surface area (Å²) in [5, 5.41) is 2.81. The fraction of sp³-hybridized carbons (Fsp3) is 0.143. The maximum Gasteiger partial charge on any atom is 0.224 e. The third kappa shape index (κ3) is 4.10. The lowest BCUT2D eigenvalue weighted by Gasteiger charge is -2.05. The number of thiocarbonyl (C=S) groups is 1. The van der Waals surface area contributed by atoms with E-state index >= 15 is 0 Å². The third-order valence-electron chi connectivity index (χ3n) is 2.71. The van der Waals surface area contributed by atoms with Crippen LogP contribution < -0.4 is 11.1 Å². The van der Waals surface area contributed by atoms with Crippen molar-refractivity contribution in [3.05, 3.63) is 59.7 Å². The molecular formula is C14H14N4OS. The third-order valence-corrected chi connectivity index (χ3v) is 2.95. The molecule has 0 aliphatic heterocycles. The van der Waals surface area contributed by atoms with E-state index < -0.39 is 0 Å². The molecule has 102 valence electrons. The molecule has 0 atom stereocenters. The highest BCUT2D eigenvalue weighted by molar-refractivity contribution is 7.80. The highest BCUT2D eigenvalue weighted by atomic mass is 32.1. The number of amides is 1. The van der Waals surface area contributed by atoms with Gasteiger partial charge in [0, 0.05) is 11.8 Å². The predicted octanol–water partition coefficient (Wildman–Crippen LogP) is 0.970. The summed E-state index contributed by atoms with van der Waals surface area (Å²) in [4.78, 5) is 20.0. The van der Waals surface area contributed by atoms with Crippen LogP contribution in [0.3, 0.4) is 0 Å². The maximum atomic E-state index is 11.8. The number of hydrogen-bond donors (Lipinski definition) is 2. The lowest BCUT2D eigenvalue weighted by molar-refractivity contribution is -0.120. The molecule has 1 aromatic heterocycles. The molecule has 2 aromatic rings. The van der Waals surface area contributed by atoms with E-state index in [1.54, 1.807) is 12.3 Å². The van der Waals surface area contributed by atoms with Gasteiger partial charge < -0.3 is 11.1 Å². The van der Waals surface area contributed by atoms with E-state index in [4.69, 9.17) is 18.0 Å². The molecule has 2 rings (SSSR count). The molecule has 3 N–H and O–H groups in total. The van der Waals surface area contributed by atoms with Crippen LogP contribution in [0.15, 0.2) is 42.9 Å². The van der Waals surface area contributed by atoms with E-state index in [1.165, 1.54) is 6.33 Å². The zero-order valence-corrected chi connectivity index (χ0v) is 11.6. The molecule has 0 aliphatic rings. The van der Waals surface area contributed by atoms with Crippen molar-refractivity contribution in [2.45, 2.75) is 13.0 Å². The molecule has 0 saturated carbocycles. The molecule has 1 amide bonds. The van der Waals surface area contributed by atoms with Crippen LogP contribution in [0.1, 0.15) is 16.8 Å². The van der Waals surface area contributed by atoms with Crippen LogP contribution in [-0.4, -0.2) is 20.9 Å². The Balaban J connectivity index is 1.86. The Labute approximate surface area is 122 Å². The van der Waals surface area contributed by atoms with E-state index in [1.807, 2.05) is 24.3 Å². The van der Waals surface area contributed by atoms with Crippen LogP contribution in [-0.2, 0) is 17.8 Å². The number of nitrogens with two attached hydrogens (primary N) is 1. The molecule has 0 unspecified atom stereocenters. The van der Waals surface area contributed by atoms with Crippen molar-refractivity contribution in [1.29, 1.82) is 0 Å². The Morgan fingerprint density at radius 2 is 2.00 bits per heavy atom. The summed E-state index contributed by atoms with van der Waals surface area (Å²) in [6.45, 7) is 0.395. The second-order valence-corrected chi connectivity index (χ2v) is 4.66. The second kappa shape index (κ2) is 6.72. The van der Waals surface area contributed by atoms with Crippen LogP contribution in [0.25, 0.3) is 0 Å². The molecule has 6 heteroatoms. The van der Waals surface area contributed by atoms with Crippen molar-refractivity contribution < 1.29 is 4.79 Å². The highest BCUT2D eigenvalue weighted by Gasteiger charge is 2.04. The molecule has 20 heavy (non-hydrogen) atoms. The summed E-state index contributed by atoms with van der Waals surface area (Å²) in [5.41, 5.74) is 8.00. The number of benzene rings is 1. The summed E-state index contributed by atoms with van der Waals surface area (Å²) < 4.78 is 0. The average molecular weight is 286 g/mol. The van der Waals surface area contributed by atoms with Crippen molar-refractivity contribution in [2.75, 3.05) is 0 Å². The summed E-state index contributed by atoms with van der Waals surface area (Å²) in [6, 6.07) is 9.08. The zero-order valence-electron chi connectivity index (χ0n) is 10.7. The van der Waals surface area contributed by atoms with Crippen molar-refractivity contribution in [3.63, 3.8) is 0 Å². The summed E-state index contributed by atoms with van der Waals surface area (Å²) in [6.07, 6.45) is 3.40. The van der Waals surface area contributed by atoms with E-state index in [0.717, 1.165) is 16.8 Å². The minimum absolute atomic E-state index is 0.0633. The van der Waals surface area contributed by atoms with Gasteiger partial charge in [-0.05, 0) is 11.6 Å². The van der Waals surface area contributed by atoms with Gasteiger partial charge in [-0.1, -0.05) is 36.5 Å². The molecular weight excluding hydrogens is 272 g/mol. The first-order chi connectivity index (χ1) is 9.65. The van der Waals surface area contributed by atoms with Crippen molar-refractivity contribution in [3.8, 4) is 0 Å². The Kier molecular flexibility index (Phi) is 4.73. The quantitative estimate of drug-likeness (QED) is 0.801. The van der Waals surface area contributed by atoms with Gasteiger partial charge in [0.25, 0.3) is 0 Å². The van der Waals surface area contributed by atoms with Gasteiger partial charge in [0.1, 0.15) is 11.3 Å². The number of aromatic nitrogens is 2. The Bertz CT molecular complexity index is 598. The average Bonchev–Trinajstić information content (AvgIpc) is 2.47. The number of carbonyl (C=O) groups excluding carboxylic acids is 1. The highest BCUT2D eigenvalue weighted by Crippen LogP contribution is 2.05. The number of carbonyl (C=O) groups is 1. The van der Waals surface area contributed by atoms with E-state index in [9.17, 15) is 4.79 Å². The van der Waals surface area contributed by atoms with Crippen LogP contribution >= 0.6 is 12.2 Å². The molecule has 0 aliphatic carbocycles. The Morgan fingerprint density at radius 3 is 2.60 bits per heavy atom. The zero-order chi connectivity index (χ0) is 14.4. The minimum atomic E-state index is -0.0633. The Morgan fingerprint density at radius 1 is 1.25 bits per heavy atom. The molecule has 1 heterocycles. The van der Waals surface area contributed by atoms with Gasteiger partial charge in [-0.25, -0.2) is 9.97 Å². The second-order valence-electron chi connectivity index (χ2n) is 4.22. The topological polar surface area (TPSA) is 80.9 Å². The summed E-state index contributed by atoms with van der Waals surface area (Å²) in [5.74, 6) is -0.0633. The SMILES string of the molecule is NC(=S)c1ccc(CC(=O)NCc2ccncn2)cc1. The van der Waals surface area contributed by atoms with Gasteiger partial charge in [0.05, 0.1) is 18.7 Å². The van der Waals surface area contributed by atoms with Crippen molar-refractivity contribution in [2.24, 2.45) is 5.73 Å². The molecule has 0 saturated heterocycles. The van der Waals surface area contributed by atoms with Gasteiger partial charge >= 0.3 is 0 Å². The van der Waals surface area contributed by atoms with Crippen LogP contribution in [0.2, 0.25) is 0 Å². The predicted molar refractivity (Wildman–Crippen MR) is 79.9 cm³/mol. The normalized spacial score (nSPS) is 10.0. The Hall–Kier alpha value is -2.34. The molecule has 0 bridgehead atoms. The van der Waals surface area contributed by atoms with E-state index in [2.05, 4.69) is 15.3 Å². The van der Waals surface area contributed by atoms with Gasteiger partial charge in [-0.15, -0.1) is 0 Å².